The summed E-state index contributed by atoms with van der Waals surface area (Å²) in [6.45, 7) is 8.26. The number of aromatic amines is 1. The summed E-state index contributed by atoms with van der Waals surface area (Å²) < 4.78 is 9.81. The first-order chi connectivity index (χ1) is 19.8. The monoisotopic (exact) mass is 554 g/mol. The zero-order chi connectivity index (χ0) is 28.8. The fraction of sp³-hybridized carbons (Fsp3) is 0.469. The van der Waals surface area contributed by atoms with Gasteiger partial charge in [-0.1, -0.05) is 61.9 Å². The Bertz CT molecular complexity index is 1610. The van der Waals surface area contributed by atoms with Crippen LogP contribution in [0.2, 0.25) is 0 Å². The van der Waals surface area contributed by atoms with Gasteiger partial charge in [-0.2, -0.15) is 0 Å². The number of carbonyl (C=O) groups is 1. The van der Waals surface area contributed by atoms with Gasteiger partial charge in [-0.05, 0) is 80.0 Å². The predicted octanol–water partition coefficient (Wildman–Crippen LogP) is 5.45. The van der Waals surface area contributed by atoms with E-state index in [9.17, 15) is 9.59 Å². The van der Waals surface area contributed by atoms with Gasteiger partial charge >= 0.3 is 5.97 Å². The van der Waals surface area contributed by atoms with Crippen LogP contribution in [0.1, 0.15) is 82.7 Å². The first-order valence-corrected chi connectivity index (χ1v) is 14.8. The van der Waals surface area contributed by atoms with E-state index in [2.05, 4.69) is 62.6 Å². The first kappa shape index (κ1) is 27.2. The Morgan fingerprint density at radius 3 is 2.41 bits per heavy atom. The Balaban J connectivity index is 1.39. The van der Waals surface area contributed by atoms with Crippen LogP contribution >= 0.6 is 0 Å². The van der Waals surface area contributed by atoms with Crippen LogP contribution in [0.25, 0.3) is 22.5 Å². The predicted molar refractivity (Wildman–Crippen MR) is 156 cm³/mol. The second kappa shape index (κ2) is 10.4. The van der Waals surface area contributed by atoms with Gasteiger partial charge in [0.1, 0.15) is 0 Å². The van der Waals surface area contributed by atoms with Crippen LogP contribution in [0, 0.1) is 5.41 Å². The van der Waals surface area contributed by atoms with Gasteiger partial charge in [0.15, 0.2) is 5.82 Å². The lowest BCUT2D eigenvalue weighted by Gasteiger charge is -2.55. The molecule has 2 aromatic carbocycles. The molecule has 0 saturated heterocycles. The summed E-state index contributed by atoms with van der Waals surface area (Å²) in [5.74, 6) is 0.395. The molecule has 1 saturated carbocycles. The summed E-state index contributed by atoms with van der Waals surface area (Å²) in [7, 11) is 0. The van der Waals surface area contributed by atoms with Gasteiger partial charge in [0.25, 0.3) is 5.56 Å². The molecule has 0 radical (unpaired) electrons. The van der Waals surface area contributed by atoms with Crippen molar-refractivity contribution in [1.29, 1.82) is 0 Å². The smallest absolute Gasteiger partial charge is 0.313 e. The van der Waals surface area contributed by atoms with Crippen LogP contribution in [0.4, 0.5) is 0 Å². The molecule has 1 aliphatic carbocycles. The molecule has 9 heteroatoms. The number of tetrazole rings is 1. The molecule has 9 nitrogen and oxygen atoms in total. The number of nitrogens with one attached hydrogen (secondary N) is 1. The van der Waals surface area contributed by atoms with E-state index in [4.69, 9.17) is 4.74 Å². The Kier molecular flexibility index (Phi) is 6.91. The molecular weight excluding hydrogens is 516 g/mol. The SMILES string of the molecule is CCCc1c(Cc2ccc(-c3ccccc3-c3nnn[nH]3)cc2)c(=O)n2n1C1CCC2(C(C)(C)C(=O)OCC)CC1. The highest BCUT2D eigenvalue weighted by Gasteiger charge is 2.59. The Morgan fingerprint density at radius 2 is 1.78 bits per heavy atom. The molecule has 1 N–H and O–H groups in total. The Hall–Kier alpha value is -4.01. The standard InChI is InChI=1S/C32H38N6O3/c1-5-9-27-26(20-21-12-14-22(15-13-21)24-10-7-8-11-25(24)28-33-35-36-34-28)29(39)38-32(31(3,4)30(40)41-6-2)18-16-23(17-19-32)37(27)38/h7-8,10-15,23H,5-6,9,16-20H2,1-4H3,(H,33,34,35,36). The lowest BCUT2D eigenvalue weighted by Crippen LogP contribution is -2.62. The normalized spacial score (nSPS) is 19.8. The summed E-state index contributed by atoms with van der Waals surface area (Å²) in [5.41, 5.74) is 4.71. The number of ether oxygens (including phenoxy) is 1. The number of fused-ring (bicyclic) bond motifs is 2. The minimum absolute atomic E-state index is 0.0439. The van der Waals surface area contributed by atoms with Gasteiger partial charge < -0.3 is 4.74 Å². The van der Waals surface area contributed by atoms with E-state index in [0.29, 0.717) is 24.9 Å². The summed E-state index contributed by atoms with van der Waals surface area (Å²) in [6, 6.07) is 16.7. The fourth-order valence-electron chi connectivity index (χ4n) is 7.22. The molecule has 0 atom stereocenters. The topological polar surface area (TPSA) is 108 Å². The van der Waals surface area contributed by atoms with Crippen molar-refractivity contribution in [2.24, 2.45) is 5.41 Å². The largest absolute Gasteiger partial charge is 0.466 e. The molecule has 1 fully saturated rings. The van der Waals surface area contributed by atoms with Crippen LogP contribution in [0.3, 0.4) is 0 Å². The van der Waals surface area contributed by atoms with Crippen molar-refractivity contribution in [3.05, 3.63) is 75.7 Å². The number of benzene rings is 2. The second-order valence-electron chi connectivity index (χ2n) is 11.9. The van der Waals surface area contributed by atoms with E-state index in [1.807, 2.05) is 43.7 Å². The van der Waals surface area contributed by atoms with Gasteiger partial charge in [0.2, 0.25) is 0 Å². The molecule has 4 heterocycles. The van der Waals surface area contributed by atoms with Gasteiger partial charge in [-0.15, -0.1) is 5.10 Å². The molecule has 3 aliphatic rings. The van der Waals surface area contributed by atoms with Gasteiger partial charge in [-0.25, -0.2) is 9.78 Å². The van der Waals surface area contributed by atoms with Gasteiger partial charge in [-0.3, -0.25) is 14.3 Å². The number of hydrogen-bond acceptors (Lipinski definition) is 6. The highest BCUT2D eigenvalue weighted by molar-refractivity contribution is 5.80. The maximum atomic E-state index is 14.4. The number of rotatable bonds is 9. The maximum Gasteiger partial charge on any atom is 0.313 e. The van der Waals surface area contributed by atoms with E-state index >= 15 is 0 Å². The Morgan fingerprint density at radius 1 is 1.07 bits per heavy atom. The van der Waals surface area contributed by atoms with Crippen molar-refractivity contribution in [2.75, 3.05) is 6.61 Å². The summed E-state index contributed by atoms with van der Waals surface area (Å²) in [4.78, 5) is 27.6. The molecule has 41 heavy (non-hydrogen) atoms. The molecule has 2 aliphatic heterocycles. The molecular formula is C32H38N6O3. The highest BCUT2D eigenvalue weighted by atomic mass is 16.5. The first-order valence-electron chi connectivity index (χ1n) is 14.8. The van der Waals surface area contributed by atoms with E-state index in [-0.39, 0.29) is 11.5 Å². The molecule has 2 aromatic heterocycles. The van der Waals surface area contributed by atoms with Crippen molar-refractivity contribution in [1.82, 2.24) is 30.0 Å². The Labute approximate surface area is 239 Å². The number of H-pyrrole nitrogens is 1. The summed E-state index contributed by atoms with van der Waals surface area (Å²) >= 11 is 0. The minimum Gasteiger partial charge on any atom is -0.466 e. The van der Waals surface area contributed by atoms with E-state index < -0.39 is 11.0 Å². The van der Waals surface area contributed by atoms with Crippen LogP contribution < -0.4 is 5.56 Å². The fourth-order valence-corrected chi connectivity index (χ4v) is 7.22. The number of aromatic nitrogens is 6. The van der Waals surface area contributed by atoms with E-state index in [1.54, 1.807) is 0 Å². The second-order valence-corrected chi connectivity index (χ2v) is 11.9. The van der Waals surface area contributed by atoms with Crippen LogP contribution in [0.5, 0.6) is 0 Å². The minimum atomic E-state index is -0.816. The number of esters is 1. The number of hydrogen-bond donors (Lipinski definition) is 1. The zero-order valence-corrected chi connectivity index (χ0v) is 24.3. The quantitative estimate of drug-likeness (QED) is 0.276. The molecule has 0 amide bonds. The molecule has 0 unspecified atom stereocenters. The third kappa shape index (κ3) is 4.24. The molecule has 2 bridgehead atoms. The van der Waals surface area contributed by atoms with Crippen molar-refractivity contribution >= 4 is 5.97 Å². The van der Waals surface area contributed by atoms with Crippen molar-refractivity contribution in [2.45, 2.75) is 84.2 Å². The molecule has 4 aromatic rings. The van der Waals surface area contributed by atoms with Gasteiger partial charge in [0.05, 0.1) is 23.6 Å². The van der Waals surface area contributed by atoms with Crippen LogP contribution in [-0.4, -0.2) is 42.6 Å². The van der Waals surface area contributed by atoms with Crippen LogP contribution in [-0.2, 0) is 27.9 Å². The third-order valence-electron chi connectivity index (χ3n) is 9.43. The van der Waals surface area contributed by atoms with Crippen LogP contribution in [0.15, 0.2) is 53.3 Å². The third-order valence-corrected chi connectivity index (χ3v) is 9.43. The van der Waals surface area contributed by atoms with Crippen molar-refractivity contribution < 1.29 is 9.53 Å². The lowest BCUT2D eigenvalue weighted by molar-refractivity contribution is -0.167. The van der Waals surface area contributed by atoms with E-state index in [0.717, 1.165) is 72.0 Å². The lowest BCUT2D eigenvalue weighted by atomic mass is 9.62. The summed E-state index contributed by atoms with van der Waals surface area (Å²) in [6.07, 6.45) is 5.91. The number of nitrogens with zero attached hydrogens (tertiary/aromatic N) is 5. The molecule has 214 valence electrons. The average molecular weight is 555 g/mol. The molecule has 7 rings (SSSR count). The average Bonchev–Trinajstić information content (AvgIpc) is 3.63. The van der Waals surface area contributed by atoms with E-state index in [1.165, 1.54) is 0 Å². The number of carbonyl (C=O) groups excluding carboxylic acids is 1. The van der Waals surface area contributed by atoms with Gasteiger partial charge in [0, 0.05) is 23.2 Å². The maximum absolute atomic E-state index is 14.4. The van der Waals surface area contributed by atoms with Crippen molar-refractivity contribution in [3.8, 4) is 22.5 Å². The highest BCUT2D eigenvalue weighted by Crippen LogP contribution is 2.55. The summed E-state index contributed by atoms with van der Waals surface area (Å²) in [5, 5.41) is 14.4. The molecule has 0 spiro atoms. The van der Waals surface area contributed by atoms with Crippen molar-refractivity contribution in [3.63, 3.8) is 0 Å². The zero-order valence-electron chi connectivity index (χ0n) is 24.3.